The van der Waals surface area contributed by atoms with Gasteiger partial charge in [0, 0.05) is 12.6 Å². The number of aromatic nitrogens is 3. The van der Waals surface area contributed by atoms with Gasteiger partial charge in [-0.2, -0.15) is 0 Å². The summed E-state index contributed by atoms with van der Waals surface area (Å²) in [5.41, 5.74) is -1.69. The molecule has 0 bridgehead atoms. The Morgan fingerprint density at radius 2 is 2.17 bits per heavy atom. The number of nitrogens with zero attached hydrogens (tertiary/aromatic N) is 3. The largest absolute Gasteiger partial charge is 0.393 e. The average molecular weight is 340 g/mol. The highest BCUT2D eigenvalue weighted by Gasteiger charge is 2.67. The van der Waals surface area contributed by atoms with E-state index in [1.807, 2.05) is 16.8 Å². The molecule has 2 aromatic rings. The quantitative estimate of drug-likeness (QED) is 0.804. The van der Waals surface area contributed by atoms with Gasteiger partial charge in [-0.1, -0.05) is 11.6 Å². The van der Waals surface area contributed by atoms with Gasteiger partial charge in [-0.05, 0) is 26.3 Å². The van der Waals surface area contributed by atoms with Crippen molar-refractivity contribution in [2.45, 2.75) is 49.9 Å². The topological polar surface area (TPSA) is 89.6 Å². The fourth-order valence-electron chi connectivity index (χ4n) is 3.80. The molecule has 0 radical (unpaired) electrons. The molecule has 7 nitrogen and oxygen atoms in total. The van der Waals surface area contributed by atoms with E-state index in [4.69, 9.17) is 21.1 Å². The lowest BCUT2D eigenvalue weighted by Crippen LogP contribution is -2.50. The number of fused-ring (bicyclic) bond motifs is 2. The van der Waals surface area contributed by atoms with E-state index >= 15 is 0 Å². The minimum Gasteiger partial charge on any atom is -0.393 e. The standard InChI is InChI=1S/C15H18ClN3O4/c1-13(2)22-12-14(21,7-20)4-5-15(12,23-13)19-6-3-9-10(16)17-8-18-11(9)19/h3,6,8,12,20-21H,4-5,7H2,1-2H3/t12-,14-,15+/m1/s1. The molecule has 0 spiro atoms. The first-order valence-electron chi connectivity index (χ1n) is 7.51. The third kappa shape index (κ3) is 1.98. The Balaban J connectivity index is 1.92. The first-order valence-corrected chi connectivity index (χ1v) is 7.88. The van der Waals surface area contributed by atoms with Crippen LogP contribution in [0.5, 0.6) is 0 Å². The highest BCUT2D eigenvalue weighted by Crippen LogP contribution is 2.54. The van der Waals surface area contributed by atoms with Gasteiger partial charge < -0.3 is 24.3 Å². The third-order valence-corrected chi connectivity index (χ3v) is 5.05. The summed E-state index contributed by atoms with van der Waals surface area (Å²) in [5, 5.41) is 21.5. The van der Waals surface area contributed by atoms with Crippen molar-refractivity contribution in [3.63, 3.8) is 0 Å². The molecule has 0 unspecified atom stereocenters. The SMILES string of the molecule is CC1(C)O[C@@H]2[C@](O)(CO)CC[C@]2(n2ccc3c(Cl)ncnc32)O1. The Hall–Kier alpha value is -1.25. The Morgan fingerprint density at radius 1 is 1.39 bits per heavy atom. The second-order valence-corrected chi connectivity index (χ2v) is 7.05. The molecule has 2 aromatic heterocycles. The zero-order valence-corrected chi connectivity index (χ0v) is 13.6. The van der Waals surface area contributed by atoms with Gasteiger partial charge in [0.05, 0.1) is 12.0 Å². The average Bonchev–Trinajstić information content (AvgIpc) is 3.12. The van der Waals surface area contributed by atoms with Crippen molar-refractivity contribution in [1.82, 2.24) is 14.5 Å². The molecule has 2 aliphatic rings. The molecule has 3 heterocycles. The van der Waals surface area contributed by atoms with Gasteiger partial charge in [-0.15, -0.1) is 0 Å². The summed E-state index contributed by atoms with van der Waals surface area (Å²) in [4.78, 5) is 8.29. The molecule has 1 saturated heterocycles. The summed E-state index contributed by atoms with van der Waals surface area (Å²) in [6.45, 7) is 3.19. The fraction of sp³-hybridized carbons (Fsp3) is 0.600. The first kappa shape index (κ1) is 15.3. The summed E-state index contributed by atoms with van der Waals surface area (Å²) in [6, 6.07) is 1.81. The van der Waals surface area contributed by atoms with Crippen LogP contribution in [0.4, 0.5) is 0 Å². The molecule has 0 aromatic carbocycles. The molecule has 1 aliphatic carbocycles. The Labute approximate surface area is 137 Å². The lowest BCUT2D eigenvalue weighted by Gasteiger charge is -2.32. The molecular formula is C15H18ClN3O4. The fourth-order valence-corrected chi connectivity index (χ4v) is 3.99. The highest BCUT2D eigenvalue weighted by molar-refractivity contribution is 6.33. The number of aliphatic hydroxyl groups excluding tert-OH is 1. The van der Waals surface area contributed by atoms with E-state index in [1.165, 1.54) is 6.33 Å². The third-order valence-electron chi connectivity index (χ3n) is 4.75. The van der Waals surface area contributed by atoms with E-state index in [0.29, 0.717) is 29.0 Å². The smallest absolute Gasteiger partial charge is 0.178 e. The summed E-state index contributed by atoms with van der Waals surface area (Å²) < 4.78 is 14.0. The van der Waals surface area contributed by atoms with E-state index in [0.717, 1.165) is 0 Å². The van der Waals surface area contributed by atoms with E-state index in [2.05, 4.69) is 9.97 Å². The van der Waals surface area contributed by atoms with Gasteiger partial charge in [0.15, 0.2) is 11.5 Å². The second kappa shape index (κ2) is 4.64. The number of hydrogen-bond donors (Lipinski definition) is 2. The van der Waals surface area contributed by atoms with Crippen LogP contribution in [0.25, 0.3) is 11.0 Å². The predicted octanol–water partition coefficient (Wildman–Crippen LogP) is 1.41. The van der Waals surface area contributed by atoms with Crippen LogP contribution >= 0.6 is 11.6 Å². The number of halogens is 1. The number of ether oxygens (including phenoxy) is 2. The molecule has 23 heavy (non-hydrogen) atoms. The van der Waals surface area contributed by atoms with Crippen LogP contribution in [0, 0.1) is 0 Å². The van der Waals surface area contributed by atoms with Gasteiger partial charge in [0.2, 0.25) is 0 Å². The minimum absolute atomic E-state index is 0.357. The van der Waals surface area contributed by atoms with Crippen molar-refractivity contribution in [3.8, 4) is 0 Å². The second-order valence-electron chi connectivity index (χ2n) is 6.69. The van der Waals surface area contributed by atoms with Crippen LogP contribution in [0.15, 0.2) is 18.6 Å². The van der Waals surface area contributed by atoms with Gasteiger partial charge in [0.1, 0.15) is 28.8 Å². The Kier molecular flexibility index (Phi) is 3.09. The number of hydrogen-bond acceptors (Lipinski definition) is 6. The molecule has 3 atom stereocenters. The van der Waals surface area contributed by atoms with Gasteiger partial charge >= 0.3 is 0 Å². The maximum Gasteiger partial charge on any atom is 0.178 e. The van der Waals surface area contributed by atoms with E-state index in [-0.39, 0.29) is 0 Å². The van der Waals surface area contributed by atoms with Crippen molar-refractivity contribution in [1.29, 1.82) is 0 Å². The Bertz CT molecular complexity index is 779. The van der Waals surface area contributed by atoms with Crippen LogP contribution in [-0.2, 0) is 15.2 Å². The van der Waals surface area contributed by atoms with E-state index < -0.39 is 29.8 Å². The van der Waals surface area contributed by atoms with Crippen LogP contribution in [0.1, 0.15) is 26.7 Å². The van der Waals surface area contributed by atoms with Crippen molar-refractivity contribution in [3.05, 3.63) is 23.7 Å². The Morgan fingerprint density at radius 3 is 2.91 bits per heavy atom. The van der Waals surface area contributed by atoms with Crippen molar-refractivity contribution in [2.75, 3.05) is 6.61 Å². The molecule has 8 heteroatoms. The molecular weight excluding hydrogens is 322 g/mol. The number of rotatable bonds is 2. The van der Waals surface area contributed by atoms with Gasteiger partial charge in [0.25, 0.3) is 0 Å². The summed E-state index contributed by atoms with van der Waals surface area (Å²) in [6.07, 6.45) is 3.35. The summed E-state index contributed by atoms with van der Waals surface area (Å²) in [5.74, 6) is -0.887. The van der Waals surface area contributed by atoms with Crippen molar-refractivity contribution in [2.24, 2.45) is 0 Å². The van der Waals surface area contributed by atoms with Crippen LogP contribution < -0.4 is 0 Å². The lowest BCUT2D eigenvalue weighted by atomic mass is 9.99. The van der Waals surface area contributed by atoms with Crippen LogP contribution in [0.2, 0.25) is 5.15 Å². The molecule has 0 amide bonds. The predicted molar refractivity (Wildman–Crippen MR) is 81.8 cm³/mol. The van der Waals surface area contributed by atoms with E-state index in [1.54, 1.807) is 13.8 Å². The first-order chi connectivity index (χ1) is 10.8. The van der Waals surface area contributed by atoms with Crippen molar-refractivity contribution >= 4 is 22.6 Å². The molecule has 124 valence electrons. The van der Waals surface area contributed by atoms with Gasteiger partial charge in [-0.3, -0.25) is 0 Å². The van der Waals surface area contributed by atoms with Gasteiger partial charge in [-0.25, -0.2) is 9.97 Å². The van der Waals surface area contributed by atoms with Crippen molar-refractivity contribution < 1.29 is 19.7 Å². The summed E-state index contributed by atoms with van der Waals surface area (Å²) >= 11 is 6.13. The molecule has 2 N–H and O–H groups in total. The molecule has 1 saturated carbocycles. The zero-order chi connectivity index (χ0) is 16.5. The maximum atomic E-state index is 10.8. The van der Waals surface area contributed by atoms with Crippen LogP contribution in [-0.4, -0.2) is 48.8 Å². The van der Waals surface area contributed by atoms with E-state index in [9.17, 15) is 10.2 Å². The highest BCUT2D eigenvalue weighted by atomic mass is 35.5. The summed E-state index contributed by atoms with van der Waals surface area (Å²) in [7, 11) is 0. The van der Waals surface area contributed by atoms with Crippen LogP contribution in [0.3, 0.4) is 0 Å². The minimum atomic E-state index is -1.36. The lowest BCUT2D eigenvalue weighted by molar-refractivity contribution is -0.196. The molecule has 1 aliphatic heterocycles. The maximum absolute atomic E-state index is 10.8. The zero-order valence-electron chi connectivity index (χ0n) is 12.9. The molecule has 4 rings (SSSR count). The molecule has 2 fully saturated rings. The monoisotopic (exact) mass is 339 g/mol. The normalized spacial score (nSPS) is 35.8. The number of aliphatic hydroxyl groups is 2.